The van der Waals surface area contributed by atoms with E-state index in [1.165, 1.54) is 6.42 Å². The first-order valence-electron chi connectivity index (χ1n) is 8.06. The molecular weight excluding hydrogens is 298 g/mol. The van der Waals surface area contributed by atoms with Gasteiger partial charge in [-0.05, 0) is 38.0 Å². The van der Waals surface area contributed by atoms with Crippen molar-refractivity contribution in [1.82, 2.24) is 14.9 Å². The molecule has 2 aromatic rings. The number of hydrogen-bond acceptors (Lipinski definition) is 3. The number of halogens is 1. The van der Waals surface area contributed by atoms with Crippen LogP contribution in [0.15, 0.2) is 18.2 Å². The number of nitrogens with one attached hydrogen (secondary N) is 1. The third kappa shape index (κ3) is 3.14. The van der Waals surface area contributed by atoms with Gasteiger partial charge in [0.25, 0.3) is 0 Å². The molecule has 0 spiro atoms. The molecule has 2 N–H and O–H groups in total. The summed E-state index contributed by atoms with van der Waals surface area (Å²) in [6, 6.07) is 5.84. The van der Waals surface area contributed by atoms with E-state index in [-0.39, 0.29) is 6.04 Å². The summed E-state index contributed by atoms with van der Waals surface area (Å²) in [5, 5.41) is 14.8. The van der Waals surface area contributed by atoms with Crippen molar-refractivity contribution in [1.29, 1.82) is 0 Å². The minimum absolute atomic E-state index is 0.0853. The second-order valence-electron chi connectivity index (χ2n) is 6.55. The Morgan fingerprint density at radius 2 is 2.09 bits per heavy atom. The summed E-state index contributed by atoms with van der Waals surface area (Å²) in [4.78, 5) is 4.70. The smallest absolute Gasteiger partial charge is 0.126 e. The van der Waals surface area contributed by atoms with E-state index in [1.807, 2.05) is 25.2 Å². The highest BCUT2D eigenvalue weighted by Crippen LogP contribution is 2.28. The Morgan fingerprint density at radius 1 is 1.36 bits per heavy atom. The molecule has 1 saturated carbocycles. The van der Waals surface area contributed by atoms with Crippen LogP contribution < -0.4 is 5.32 Å². The molecule has 1 aliphatic carbocycles. The lowest BCUT2D eigenvalue weighted by atomic mass is 9.85. The molecule has 120 valence electrons. The minimum Gasteiger partial charge on any atom is -0.389 e. The van der Waals surface area contributed by atoms with Crippen molar-refractivity contribution in [3.05, 3.63) is 29.0 Å². The van der Waals surface area contributed by atoms with E-state index in [0.717, 1.165) is 47.6 Å². The molecule has 1 unspecified atom stereocenters. The Labute approximate surface area is 136 Å². The molecule has 1 aromatic heterocycles. The highest BCUT2D eigenvalue weighted by Gasteiger charge is 2.29. The maximum absolute atomic E-state index is 10.6. The van der Waals surface area contributed by atoms with E-state index in [2.05, 4.69) is 16.8 Å². The second kappa shape index (κ2) is 6.19. The van der Waals surface area contributed by atoms with Crippen molar-refractivity contribution < 1.29 is 5.11 Å². The lowest BCUT2D eigenvalue weighted by molar-refractivity contribution is 0.00277. The molecular formula is C17H24ClN3O. The average Bonchev–Trinajstić information content (AvgIpc) is 2.83. The van der Waals surface area contributed by atoms with Crippen molar-refractivity contribution in [3.8, 4) is 0 Å². The number of benzene rings is 1. The molecule has 1 fully saturated rings. The van der Waals surface area contributed by atoms with E-state index in [4.69, 9.17) is 16.6 Å². The zero-order valence-corrected chi connectivity index (χ0v) is 14.0. The Hall–Kier alpha value is -1.10. The number of aliphatic hydroxyl groups is 1. The largest absolute Gasteiger partial charge is 0.389 e. The summed E-state index contributed by atoms with van der Waals surface area (Å²) >= 11 is 6.07. The normalized spacial score (nSPS) is 19.5. The summed E-state index contributed by atoms with van der Waals surface area (Å²) in [6.07, 6.45) is 5.27. The quantitative estimate of drug-likeness (QED) is 0.905. The predicted molar refractivity (Wildman–Crippen MR) is 90.2 cm³/mol. The number of imidazole rings is 1. The average molecular weight is 322 g/mol. The van der Waals surface area contributed by atoms with Gasteiger partial charge in [-0.2, -0.15) is 0 Å². The molecule has 0 radical (unpaired) electrons. The molecule has 4 nitrogen and oxygen atoms in total. The third-order valence-electron chi connectivity index (χ3n) is 4.79. The Balaban J connectivity index is 1.74. The van der Waals surface area contributed by atoms with Gasteiger partial charge in [-0.15, -0.1) is 0 Å². The highest BCUT2D eigenvalue weighted by atomic mass is 35.5. The van der Waals surface area contributed by atoms with Crippen LogP contribution in [0.4, 0.5) is 0 Å². The fraction of sp³-hybridized carbons (Fsp3) is 0.588. The van der Waals surface area contributed by atoms with Gasteiger partial charge in [0, 0.05) is 18.6 Å². The highest BCUT2D eigenvalue weighted by molar-refractivity contribution is 6.31. The molecule has 0 aliphatic heterocycles. The first-order valence-corrected chi connectivity index (χ1v) is 8.44. The molecule has 0 amide bonds. The standard InChI is InChI=1S/C17H24ClN3O/c1-12(19-11-17(22)8-4-3-5-9-17)16-20-14-7-6-13(18)10-15(14)21(16)2/h6-7,10,12,19,22H,3-5,8-9,11H2,1-2H3. The van der Waals surface area contributed by atoms with Crippen LogP contribution in [0.3, 0.4) is 0 Å². The van der Waals surface area contributed by atoms with Crippen LogP contribution in [0, 0.1) is 0 Å². The molecule has 1 aromatic carbocycles. The lowest BCUT2D eigenvalue weighted by Crippen LogP contribution is -2.43. The Bertz CT molecular complexity index is 661. The topological polar surface area (TPSA) is 50.1 Å². The van der Waals surface area contributed by atoms with Crippen LogP contribution in [0.25, 0.3) is 11.0 Å². The van der Waals surface area contributed by atoms with Gasteiger partial charge in [-0.1, -0.05) is 30.9 Å². The number of rotatable bonds is 4. The zero-order chi connectivity index (χ0) is 15.7. The lowest BCUT2D eigenvalue weighted by Gasteiger charge is -2.33. The molecule has 1 atom stereocenters. The number of fused-ring (bicyclic) bond motifs is 1. The molecule has 5 heteroatoms. The number of aryl methyl sites for hydroxylation is 1. The van der Waals surface area contributed by atoms with Crippen molar-refractivity contribution in [2.24, 2.45) is 7.05 Å². The third-order valence-corrected chi connectivity index (χ3v) is 5.02. The summed E-state index contributed by atoms with van der Waals surface area (Å²) in [5.41, 5.74) is 1.43. The van der Waals surface area contributed by atoms with Crippen LogP contribution in [0.5, 0.6) is 0 Å². The van der Waals surface area contributed by atoms with Gasteiger partial charge in [-0.3, -0.25) is 0 Å². The minimum atomic E-state index is -0.555. The predicted octanol–water partition coefficient (Wildman–Crippen LogP) is 3.57. The fourth-order valence-corrected chi connectivity index (χ4v) is 3.56. The number of hydrogen-bond donors (Lipinski definition) is 2. The van der Waals surface area contributed by atoms with E-state index in [9.17, 15) is 5.11 Å². The molecule has 1 aliphatic rings. The van der Waals surface area contributed by atoms with Crippen LogP contribution in [-0.2, 0) is 7.05 Å². The first-order chi connectivity index (χ1) is 10.5. The molecule has 1 heterocycles. The molecule has 22 heavy (non-hydrogen) atoms. The van der Waals surface area contributed by atoms with E-state index in [0.29, 0.717) is 6.54 Å². The second-order valence-corrected chi connectivity index (χ2v) is 6.99. The molecule has 3 rings (SSSR count). The summed E-state index contributed by atoms with van der Waals surface area (Å²) in [5.74, 6) is 0.969. The van der Waals surface area contributed by atoms with Crippen LogP contribution in [-0.4, -0.2) is 26.8 Å². The SMILES string of the molecule is CC(NCC1(O)CCCCC1)c1nc2ccc(Cl)cc2n1C. The van der Waals surface area contributed by atoms with Gasteiger partial charge in [-0.25, -0.2) is 4.98 Å². The van der Waals surface area contributed by atoms with Gasteiger partial charge in [0.05, 0.1) is 22.7 Å². The van der Waals surface area contributed by atoms with Gasteiger partial charge in [0.15, 0.2) is 0 Å². The van der Waals surface area contributed by atoms with E-state index in [1.54, 1.807) is 0 Å². The Kier molecular flexibility index (Phi) is 4.44. The monoisotopic (exact) mass is 321 g/mol. The summed E-state index contributed by atoms with van der Waals surface area (Å²) < 4.78 is 2.07. The molecule has 0 bridgehead atoms. The van der Waals surface area contributed by atoms with Crippen LogP contribution in [0.2, 0.25) is 5.02 Å². The van der Waals surface area contributed by atoms with Gasteiger partial charge < -0.3 is 15.0 Å². The number of aromatic nitrogens is 2. The zero-order valence-electron chi connectivity index (χ0n) is 13.3. The maximum atomic E-state index is 10.6. The first kappa shape index (κ1) is 15.8. The van der Waals surface area contributed by atoms with E-state index >= 15 is 0 Å². The summed E-state index contributed by atoms with van der Waals surface area (Å²) in [6.45, 7) is 2.72. The Morgan fingerprint density at radius 3 is 2.82 bits per heavy atom. The van der Waals surface area contributed by atoms with Crippen molar-refractivity contribution in [2.75, 3.05) is 6.54 Å². The van der Waals surface area contributed by atoms with E-state index < -0.39 is 5.60 Å². The van der Waals surface area contributed by atoms with Crippen LogP contribution in [0.1, 0.15) is 50.9 Å². The van der Waals surface area contributed by atoms with Gasteiger partial charge in [0.1, 0.15) is 5.82 Å². The summed E-state index contributed by atoms with van der Waals surface area (Å²) in [7, 11) is 2.01. The van der Waals surface area contributed by atoms with Crippen molar-refractivity contribution in [3.63, 3.8) is 0 Å². The van der Waals surface area contributed by atoms with Crippen molar-refractivity contribution in [2.45, 2.75) is 50.7 Å². The number of nitrogens with zero attached hydrogens (tertiary/aromatic N) is 2. The van der Waals surface area contributed by atoms with Crippen molar-refractivity contribution >= 4 is 22.6 Å². The molecule has 0 saturated heterocycles. The van der Waals surface area contributed by atoms with Crippen LogP contribution >= 0.6 is 11.6 Å². The van der Waals surface area contributed by atoms with Gasteiger partial charge in [0.2, 0.25) is 0 Å². The maximum Gasteiger partial charge on any atom is 0.126 e. The fourth-order valence-electron chi connectivity index (χ4n) is 3.39. The van der Waals surface area contributed by atoms with Gasteiger partial charge >= 0.3 is 0 Å².